The average molecular weight is 303 g/mol. The Morgan fingerprint density at radius 2 is 2.05 bits per heavy atom. The second kappa shape index (κ2) is 6.92. The van der Waals surface area contributed by atoms with Crippen molar-refractivity contribution in [3.8, 4) is 0 Å². The Hall–Kier alpha value is -1.88. The maximum absolute atomic E-state index is 12.3. The average Bonchev–Trinajstić information content (AvgIpc) is 2.89. The Morgan fingerprint density at radius 3 is 2.73 bits per heavy atom. The minimum Gasteiger partial charge on any atom is -0.347 e. The lowest BCUT2D eigenvalue weighted by atomic mass is 10.1. The molecule has 22 heavy (non-hydrogen) atoms. The van der Waals surface area contributed by atoms with Crippen LogP contribution in [0.2, 0.25) is 0 Å². The van der Waals surface area contributed by atoms with E-state index in [-0.39, 0.29) is 24.4 Å². The van der Waals surface area contributed by atoms with Gasteiger partial charge < -0.3 is 10.2 Å². The molecular formula is C17H25N3O2. The van der Waals surface area contributed by atoms with Crippen LogP contribution in [0.4, 0.5) is 5.69 Å². The molecule has 1 aromatic rings. The molecule has 5 heteroatoms. The number of benzene rings is 1. The fraction of sp³-hybridized carbons (Fsp3) is 0.529. The summed E-state index contributed by atoms with van der Waals surface area (Å²) >= 11 is 0. The lowest BCUT2D eigenvalue weighted by molar-refractivity contribution is -0.133. The number of aryl methyl sites for hydroxylation is 2. The van der Waals surface area contributed by atoms with Crippen LogP contribution >= 0.6 is 0 Å². The van der Waals surface area contributed by atoms with E-state index in [1.54, 1.807) is 19.0 Å². The van der Waals surface area contributed by atoms with Crippen molar-refractivity contribution in [3.63, 3.8) is 0 Å². The number of likely N-dealkylation sites (tertiary alicyclic amines) is 1. The molecule has 1 aliphatic heterocycles. The number of rotatable bonds is 4. The summed E-state index contributed by atoms with van der Waals surface area (Å²) in [6.07, 6.45) is 1.79. The highest BCUT2D eigenvalue weighted by atomic mass is 16.2. The van der Waals surface area contributed by atoms with E-state index >= 15 is 0 Å². The molecule has 120 valence electrons. The number of carbonyl (C=O) groups is 2. The predicted molar refractivity (Wildman–Crippen MR) is 87.8 cm³/mol. The molecule has 1 saturated heterocycles. The normalized spacial score (nSPS) is 18.3. The van der Waals surface area contributed by atoms with E-state index in [4.69, 9.17) is 0 Å². The van der Waals surface area contributed by atoms with Gasteiger partial charge in [-0.15, -0.1) is 0 Å². The lowest BCUT2D eigenvalue weighted by Crippen LogP contribution is -2.45. The summed E-state index contributed by atoms with van der Waals surface area (Å²) in [5, 5.41) is 2.96. The summed E-state index contributed by atoms with van der Waals surface area (Å²) in [5.41, 5.74) is 3.00. The fourth-order valence-corrected chi connectivity index (χ4v) is 2.84. The van der Waals surface area contributed by atoms with Crippen molar-refractivity contribution >= 4 is 17.5 Å². The molecule has 1 unspecified atom stereocenters. The largest absolute Gasteiger partial charge is 0.347 e. The lowest BCUT2D eigenvalue weighted by Gasteiger charge is -2.25. The Labute approximate surface area is 132 Å². The first-order chi connectivity index (χ1) is 10.4. The van der Waals surface area contributed by atoms with Crippen molar-refractivity contribution in [2.45, 2.75) is 32.7 Å². The number of nitrogens with one attached hydrogen (secondary N) is 1. The van der Waals surface area contributed by atoms with E-state index < -0.39 is 0 Å². The van der Waals surface area contributed by atoms with Crippen molar-refractivity contribution in [3.05, 3.63) is 29.3 Å². The van der Waals surface area contributed by atoms with E-state index in [1.165, 1.54) is 0 Å². The minimum absolute atomic E-state index is 0.0628. The molecule has 1 fully saturated rings. The van der Waals surface area contributed by atoms with Gasteiger partial charge in [-0.25, -0.2) is 0 Å². The molecule has 2 amide bonds. The van der Waals surface area contributed by atoms with Crippen LogP contribution in [0.25, 0.3) is 0 Å². The summed E-state index contributed by atoms with van der Waals surface area (Å²) in [7, 11) is 3.52. The second-order valence-electron chi connectivity index (χ2n) is 6.23. The molecule has 0 aliphatic carbocycles. The molecule has 0 bridgehead atoms. The zero-order valence-corrected chi connectivity index (χ0v) is 13.8. The van der Waals surface area contributed by atoms with Crippen LogP contribution in [0, 0.1) is 13.8 Å². The Kier molecular flexibility index (Phi) is 5.19. The van der Waals surface area contributed by atoms with Gasteiger partial charge in [-0.2, -0.15) is 0 Å². The molecule has 1 atom stereocenters. The molecule has 0 radical (unpaired) electrons. The summed E-state index contributed by atoms with van der Waals surface area (Å²) in [6, 6.07) is 5.83. The molecule has 1 aromatic carbocycles. The van der Waals surface area contributed by atoms with E-state index in [2.05, 4.69) is 5.32 Å². The molecule has 0 spiro atoms. The van der Waals surface area contributed by atoms with Gasteiger partial charge in [0.2, 0.25) is 11.8 Å². The molecule has 5 nitrogen and oxygen atoms in total. The number of hydrogen-bond acceptors (Lipinski definition) is 3. The summed E-state index contributed by atoms with van der Waals surface area (Å²) in [5.74, 6) is 0.0178. The van der Waals surface area contributed by atoms with Crippen LogP contribution in [0.1, 0.15) is 24.0 Å². The van der Waals surface area contributed by atoms with E-state index in [0.29, 0.717) is 0 Å². The van der Waals surface area contributed by atoms with E-state index in [1.807, 2.05) is 36.9 Å². The first-order valence-corrected chi connectivity index (χ1v) is 7.71. The van der Waals surface area contributed by atoms with Crippen LogP contribution in [-0.2, 0) is 9.59 Å². The smallest absolute Gasteiger partial charge is 0.239 e. The monoisotopic (exact) mass is 303 g/mol. The SMILES string of the molecule is Cc1ccc(C)c(NC(=O)CN2CCCC2C(=O)N(C)C)c1. The summed E-state index contributed by atoms with van der Waals surface area (Å²) in [4.78, 5) is 28.0. The van der Waals surface area contributed by atoms with Crippen molar-refractivity contribution in [1.29, 1.82) is 0 Å². The predicted octanol–water partition coefficient (Wildman–Crippen LogP) is 1.79. The second-order valence-corrected chi connectivity index (χ2v) is 6.23. The third-order valence-corrected chi connectivity index (χ3v) is 4.10. The quantitative estimate of drug-likeness (QED) is 0.923. The van der Waals surface area contributed by atoms with Gasteiger partial charge in [-0.1, -0.05) is 12.1 Å². The zero-order chi connectivity index (χ0) is 16.3. The zero-order valence-electron chi connectivity index (χ0n) is 13.8. The van der Waals surface area contributed by atoms with Gasteiger partial charge in [0.1, 0.15) is 0 Å². The Balaban J connectivity index is 1.99. The van der Waals surface area contributed by atoms with Gasteiger partial charge in [-0.05, 0) is 50.4 Å². The number of amides is 2. The molecular weight excluding hydrogens is 278 g/mol. The summed E-state index contributed by atoms with van der Waals surface area (Å²) < 4.78 is 0. The van der Waals surface area contributed by atoms with Crippen LogP contribution in [-0.4, -0.2) is 54.8 Å². The van der Waals surface area contributed by atoms with Gasteiger partial charge in [0, 0.05) is 19.8 Å². The van der Waals surface area contributed by atoms with Gasteiger partial charge in [0.05, 0.1) is 12.6 Å². The van der Waals surface area contributed by atoms with Crippen LogP contribution in [0.15, 0.2) is 18.2 Å². The first-order valence-electron chi connectivity index (χ1n) is 7.71. The number of nitrogens with zero attached hydrogens (tertiary/aromatic N) is 2. The maximum Gasteiger partial charge on any atom is 0.239 e. The Bertz CT molecular complexity index is 569. The highest BCUT2D eigenvalue weighted by Crippen LogP contribution is 2.20. The van der Waals surface area contributed by atoms with Gasteiger partial charge in [0.15, 0.2) is 0 Å². The third-order valence-electron chi connectivity index (χ3n) is 4.10. The summed E-state index contributed by atoms with van der Waals surface area (Å²) in [6.45, 7) is 5.03. The number of anilines is 1. The highest BCUT2D eigenvalue weighted by Gasteiger charge is 2.32. The molecule has 2 rings (SSSR count). The molecule has 0 saturated carbocycles. The van der Waals surface area contributed by atoms with Crippen molar-refractivity contribution < 1.29 is 9.59 Å². The molecule has 1 heterocycles. The van der Waals surface area contributed by atoms with Gasteiger partial charge >= 0.3 is 0 Å². The maximum atomic E-state index is 12.3. The molecule has 0 aromatic heterocycles. The third kappa shape index (κ3) is 3.85. The fourth-order valence-electron chi connectivity index (χ4n) is 2.84. The number of carbonyl (C=O) groups excluding carboxylic acids is 2. The van der Waals surface area contributed by atoms with Crippen LogP contribution in [0.5, 0.6) is 0 Å². The number of likely N-dealkylation sites (N-methyl/N-ethyl adjacent to an activating group) is 1. The van der Waals surface area contributed by atoms with Gasteiger partial charge in [-0.3, -0.25) is 14.5 Å². The van der Waals surface area contributed by atoms with Gasteiger partial charge in [0.25, 0.3) is 0 Å². The minimum atomic E-state index is -0.167. The van der Waals surface area contributed by atoms with Crippen molar-refractivity contribution in [2.75, 3.05) is 32.5 Å². The topological polar surface area (TPSA) is 52.7 Å². The van der Waals surface area contributed by atoms with Crippen molar-refractivity contribution in [1.82, 2.24) is 9.80 Å². The molecule has 1 aliphatic rings. The van der Waals surface area contributed by atoms with Crippen LogP contribution in [0.3, 0.4) is 0 Å². The van der Waals surface area contributed by atoms with E-state index in [9.17, 15) is 9.59 Å². The Morgan fingerprint density at radius 1 is 1.32 bits per heavy atom. The highest BCUT2D eigenvalue weighted by molar-refractivity contribution is 5.93. The first kappa shape index (κ1) is 16.5. The van der Waals surface area contributed by atoms with E-state index in [0.717, 1.165) is 36.2 Å². The number of hydrogen-bond donors (Lipinski definition) is 1. The van der Waals surface area contributed by atoms with Crippen molar-refractivity contribution in [2.24, 2.45) is 0 Å². The molecule has 1 N–H and O–H groups in total. The standard InChI is InChI=1S/C17H25N3O2/c1-12-7-8-13(2)14(10-12)18-16(21)11-20-9-5-6-15(20)17(22)19(3)4/h7-8,10,15H,5-6,9,11H2,1-4H3,(H,18,21). The van der Waals surface area contributed by atoms with Crippen LogP contribution < -0.4 is 5.32 Å².